The first-order valence-electron chi connectivity index (χ1n) is 9.08. The zero-order valence-corrected chi connectivity index (χ0v) is 14.8. The summed E-state index contributed by atoms with van der Waals surface area (Å²) in [6.45, 7) is 0.408. The molecule has 0 unspecified atom stereocenters. The quantitative estimate of drug-likeness (QED) is 0.741. The second-order valence-corrected chi connectivity index (χ2v) is 7.21. The van der Waals surface area contributed by atoms with Gasteiger partial charge in [-0.25, -0.2) is 4.98 Å². The smallest absolute Gasteiger partial charge is 0.241 e. The molecule has 1 atom stereocenters. The largest absolute Gasteiger partial charge is 0.480 e. The highest BCUT2D eigenvalue weighted by atomic mass is 16.5. The number of rotatable bonds is 8. The van der Waals surface area contributed by atoms with E-state index in [0.29, 0.717) is 41.6 Å². The van der Waals surface area contributed by atoms with E-state index < -0.39 is 6.04 Å². The van der Waals surface area contributed by atoms with Crippen LogP contribution in [0.5, 0.6) is 5.88 Å². The Hall–Kier alpha value is -2.48. The molecule has 2 aliphatic rings. The summed E-state index contributed by atoms with van der Waals surface area (Å²) in [5.41, 5.74) is 7.60. The average molecular weight is 356 g/mol. The molecule has 0 saturated heterocycles. The molecule has 1 amide bonds. The van der Waals surface area contributed by atoms with Gasteiger partial charge in [0, 0.05) is 18.6 Å². The first-order valence-corrected chi connectivity index (χ1v) is 9.08. The van der Waals surface area contributed by atoms with E-state index in [2.05, 4.69) is 20.4 Å². The Bertz CT molecular complexity index is 771. The van der Waals surface area contributed by atoms with Gasteiger partial charge in [0.15, 0.2) is 0 Å². The number of carbonyl (C=O) groups excluding carboxylic acids is 1. The molecule has 8 heteroatoms. The first kappa shape index (κ1) is 17.0. The van der Waals surface area contributed by atoms with Crippen LogP contribution < -0.4 is 15.8 Å². The summed E-state index contributed by atoms with van der Waals surface area (Å²) in [6, 6.07) is -0.446. The van der Waals surface area contributed by atoms with Gasteiger partial charge in [0.25, 0.3) is 0 Å². The van der Waals surface area contributed by atoms with E-state index in [9.17, 15) is 4.79 Å². The zero-order valence-electron chi connectivity index (χ0n) is 14.8. The van der Waals surface area contributed by atoms with Crippen molar-refractivity contribution in [1.82, 2.24) is 19.7 Å². The Morgan fingerprint density at radius 2 is 2.00 bits per heavy atom. The van der Waals surface area contributed by atoms with Crippen molar-refractivity contribution >= 4 is 11.6 Å². The highest BCUT2D eigenvalue weighted by Crippen LogP contribution is 2.50. The monoisotopic (exact) mass is 356 g/mol. The number of aromatic nitrogens is 4. The Labute approximate surface area is 152 Å². The number of ether oxygens (including phenoxy) is 1. The van der Waals surface area contributed by atoms with Crippen LogP contribution in [-0.2, 0) is 11.3 Å². The lowest BCUT2D eigenvalue weighted by Gasteiger charge is -2.22. The number of nitrogens with two attached hydrogens (primary N) is 1. The molecular formula is C18H24N6O2. The van der Waals surface area contributed by atoms with Gasteiger partial charge in [-0.15, -0.1) is 0 Å². The number of amides is 1. The van der Waals surface area contributed by atoms with Crippen LogP contribution in [0.25, 0.3) is 0 Å². The average Bonchev–Trinajstić information content (AvgIpc) is 3.57. The summed E-state index contributed by atoms with van der Waals surface area (Å²) in [4.78, 5) is 21.0. The number of hydrogen-bond acceptors (Lipinski definition) is 6. The van der Waals surface area contributed by atoms with Crippen LogP contribution >= 0.6 is 0 Å². The Kier molecular flexibility index (Phi) is 4.58. The summed E-state index contributed by atoms with van der Waals surface area (Å²) in [7, 11) is 1.56. The molecule has 2 aromatic rings. The third-order valence-electron chi connectivity index (χ3n) is 5.19. The van der Waals surface area contributed by atoms with Gasteiger partial charge < -0.3 is 15.8 Å². The van der Waals surface area contributed by atoms with Gasteiger partial charge >= 0.3 is 0 Å². The molecule has 0 aliphatic heterocycles. The van der Waals surface area contributed by atoms with Crippen LogP contribution in [0.3, 0.4) is 0 Å². The van der Waals surface area contributed by atoms with Crippen molar-refractivity contribution < 1.29 is 9.53 Å². The van der Waals surface area contributed by atoms with Crippen molar-refractivity contribution in [2.75, 3.05) is 12.4 Å². The van der Waals surface area contributed by atoms with Crippen LogP contribution in [0.2, 0.25) is 0 Å². The molecule has 0 aromatic carbocycles. The molecule has 138 valence electrons. The highest BCUT2D eigenvalue weighted by molar-refractivity contribution is 5.94. The Morgan fingerprint density at radius 1 is 1.31 bits per heavy atom. The second-order valence-electron chi connectivity index (χ2n) is 7.21. The van der Waals surface area contributed by atoms with Crippen molar-refractivity contribution in [2.45, 2.75) is 38.3 Å². The predicted molar refractivity (Wildman–Crippen MR) is 95.5 cm³/mol. The lowest BCUT2D eigenvalue weighted by atomic mass is 9.89. The maximum Gasteiger partial charge on any atom is 0.241 e. The van der Waals surface area contributed by atoms with Crippen molar-refractivity contribution in [1.29, 1.82) is 0 Å². The van der Waals surface area contributed by atoms with E-state index >= 15 is 0 Å². The van der Waals surface area contributed by atoms with E-state index in [4.69, 9.17) is 10.5 Å². The summed E-state index contributed by atoms with van der Waals surface area (Å²) >= 11 is 0. The maximum absolute atomic E-state index is 12.6. The number of hydrogen-bond donors (Lipinski definition) is 2. The molecule has 2 heterocycles. The van der Waals surface area contributed by atoms with Gasteiger partial charge in [0.05, 0.1) is 31.6 Å². The second kappa shape index (κ2) is 7.03. The first-order chi connectivity index (χ1) is 12.7. The standard InChI is InChI=1S/C18H24N6O2/c1-26-18-14(20-6-7-21-18)10-24-9-13(8-22-24)23-17(25)16(19)15(11-2-3-11)12-4-5-12/h6-9,11-12,15-16H,2-5,10,19H2,1H3,(H,23,25)/t16-/m0/s1. The molecule has 0 radical (unpaired) electrons. The van der Waals surface area contributed by atoms with Crippen molar-refractivity contribution in [3.63, 3.8) is 0 Å². The van der Waals surface area contributed by atoms with Crippen molar-refractivity contribution in [3.8, 4) is 5.88 Å². The number of nitrogens with zero attached hydrogens (tertiary/aromatic N) is 4. The topological polar surface area (TPSA) is 108 Å². The number of carbonyl (C=O) groups is 1. The number of methoxy groups -OCH3 is 1. The summed E-state index contributed by atoms with van der Waals surface area (Å²) in [5.74, 6) is 1.94. The van der Waals surface area contributed by atoms with Crippen LogP contribution in [0.4, 0.5) is 5.69 Å². The van der Waals surface area contributed by atoms with Gasteiger partial charge in [-0.3, -0.25) is 14.5 Å². The third kappa shape index (κ3) is 3.70. The zero-order chi connectivity index (χ0) is 18.1. The summed E-state index contributed by atoms with van der Waals surface area (Å²) in [6.07, 6.45) is 11.4. The molecular weight excluding hydrogens is 332 g/mol. The van der Waals surface area contributed by atoms with E-state index in [-0.39, 0.29) is 5.91 Å². The Balaban J connectivity index is 1.39. The lowest BCUT2D eigenvalue weighted by molar-refractivity contribution is -0.118. The SMILES string of the molecule is COc1nccnc1Cn1cc(NC(=O)[C@@H](N)C(C2CC2)C2CC2)cn1. The Morgan fingerprint density at radius 3 is 2.65 bits per heavy atom. The molecule has 4 rings (SSSR count). The minimum atomic E-state index is -0.446. The fourth-order valence-electron chi connectivity index (χ4n) is 3.64. The van der Waals surface area contributed by atoms with E-state index in [1.54, 1.807) is 36.6 Å². The lowest BCUT2D eigenvalue weighted by Crippen LogP contribution is -2.43. The summed E-state index contributed by atoms with van der Waals surface area (Å²) < 4.78 is 6.89. The van der Waals surface area contributed by atoms with Gasteiger partial charge in [-0.05, 0) is 43.4 Å². The van der Waals surface area contributed by atoms with Crippen LogP contribution in [0, 0.1) is 17.8 Å². The maximum atomic E-state index is 12.6. The van der Waals surface area contributed by atoms with Gasteiger partial charge in [-0.1, -0.05) is 0 Å². The highest BCUT2D eigenvalue weighted by Gasteiger charge is 2.46. The number of anilines is 1. The van der Waals surface area contributed by atoms with Crippen molar-refractivity contribution in [3.05, 3.63) is 30.5 Å². The fraction of sp³-hybridized carbons (Fsp3) is 0.556. The minimum absolute atomic E-state index is 0.120. The summed E-state index contributed by atoms with van der Waals surface area (Å²) in [5, 5.41) is 7.18. The molecule has 0 spiro atoms. The van der Waals surface area contributed by atoms with E-state index in [1.165, 1.54) is 25.7 Å². The molecule has 2 aliphatic carbocycles. The van der Waals surface area contributed by atoms with Crippen LogP contribution in [-0.4, -0.2) is 38.8 Å². The number of nitrogens with one attached hydrogen (secondary N) is 1. The van der Waals surface area contributed by atoms with Gasteiger partial charge in [-0.2, -0.15) is 5.10 Å². The van der Waals surface area contributed by atoms with Crippen LogP contribution in [0.15, 0.2) is 24.8 Å². The normalized spacial score (nSPS) is 18.0. The van der Waals surface area contributed by atoms with Crippen molar-refractivity contribution in [2.24, 2.45) is 23.5 Å². The third-order valence-corrected chi connectivity index (χ3v) is 5.19. The molecule has 8 nitrogen and oxygen atoms in total. The minimum Gasteiger partial charge on any atom is -0.480 e. The van der Waals surface area contributed by atoms with E-state index in [1.807, 2.05) is 0 Å². The van der Waals surface area contributed by atoms with Gasteiger partial charge in [0.2, 0.25) is 11.8 Å². The molecule has 3 N–H and O–H groups in total. The van der Waals surface area contributed by atoms with Gasteiger partial charge in [0.1, 0.15) is 5.69 Å². The molecule has 2 saturated carbocycles. The molecule has 2 fully saturated rings. The van der Waals surface area contributed by atoms with E-state index in [0.717, 1.165) is 0 Å². The molecule has 2 aromatic heterocycles. The fourth-order valence-corrected chi connectivity index (χ4v) is 3.64. The predicted octanol–water partition coefficient (Wildman–Crippen LogP) is 1.43. The molecule has 26 heavy (non-hydrogen) atoms. The van der Waals surface area contributed by atoms with Crippen LogP contribution in [0.1, 0.15) is 31.4 Å². The molecule has 0 bridgehead atoms.